The lowest BCUT2D eigenvalue weighted by atomic mass is 10.0. The van der Waals surface area contributed by atoms with Crippen molar-refractivity contribution in [2.24, 2.45) is 5.92 Å². The van der Waals surface area contributed by atoms with Gasteiger partial charge in [0.25, 0.3) is 0 Å². The van der Waals surface area contributed by atoms with E-state index in [-0.39, 0.29) is 30.2 Å². The first-order chi connectivity index (χ1) is 24.7. The largest absolute Gasteiger partial charge is 0.445 e. The molecule has 3 N–H and O–H groups in total. The fraction of sp³-hybridized carbons (Fsp3) is 0.361. The smallest absolute Gasteiger partial charge is 0.410 e. The summed E-state index contributed by atoms with van der Waals surface area (Å²) in [5, 5.41) is 7.75. The third kappa shape index (κ3) is 11.4. The SMILES string of the molecule is CC(C)[C@H](NC(=O)OC(C)(C)C)C(=O)N[C@@H](C)C(=O)Nc1ccc(COC(=O)N(C)Cc2ccccc2C(=O)Oc2c(F)c(F)c(F)c(F)c2F)cc1. The van der Waals surface area contributed by atoms with Crippen molar-refractivity contribution in [3.8, 4) is 5.75 Å². The standard InChI is InChI=1S/C36H39F5N4O8/c1-18(2)29(44-34(49)53-36(4,5)6)32(47)42-19(3)31(46)43-22-14-12-20(13-15-22)17-51-35(50)45(7)16-21-10-8-9-11-23(21)33(48)52-30-27(40)25(38)24(37)26(39)28(30)41/h8-15,18-19,29H,16-17H2,1-7H3,(H,42,47)(H,43,46)(H,44,49)/t19-,29-/m0/s1. The van der Waals surface area contributed by atoms with Crippen LogP contribution in [0.15, 0.2) is 48.5 Å². The number of benzene rings is 3. The summed E-state index contributed by atoms with van der Waals surface area (Å²) in [6, 6.07) is 9.64. The fourth-order valence-electron chi connectivity index (χ4n) is 4.53. The molecule has 0 fully saturated rings. The number of anilines is 1. The van der Waals surface area contributed by atoms with Crippen molar-refractivity contribution in [3.05, 3.63) is 94.3 Å². The van der Waals surface area contributed by atoms with Crippen molar-refractivity contribution in [1.82, 2.24) is 15.5 Å². The first-order valence-corrected chi connectivity index (χ1v) is 16.1. The minimum Gasteiger partial charge on any atom is -0.445 e. The van der Waals surface area contributed by atoms with Crippen molar-refractivity contribution < 1.29 is 60.1 Å². The van der Waals surface area contributed by atoms with Crippen LogP contribution in [0.2, 0.25) is 0 Å². The quantitative estimate of drug-likeness (QED) is 0.0636. The van der Waals surface area contributed by atoms with E-state index in [1.165, 1.54) is 50.4 Å². The number of nitrogens with zero attached hydrogens (tertiary/aromatic N) is 1. The number of alkyl carbamates (subject to hydrolysis) is 1. The number of nitrogens with one attached hydrogen (secondary N) is 3. The number of halogens is 5. The molecule has 286 valence electrons. The molecule has 0 aliphatic rings. The minimum absolute atomic E-state index is 0.102. The maximum atomic E-state index is 14.1. The summed E-state index contributed by atoms with van der Waals surface area (Å²) in [6.45, 7) is 9.48. The second-order valence-corrected chi connectivity index (χ2v) is 13.1. The van der Waals surface area contributed by atoms with Gasteiger partial charge in [0.2, 0.25) is 46.6 Å². The van der Waals surface area contributed by atoms with Gasteiger partial charge >= 0.3 is 18.2 Å². The Bertz CT molecular complexity index is 1820. The molecule has 0 spiro atoms. The van der Waals surface area contributed by atoms with Crippen LogP contribution in [0.25, 0.3) is 0 Å². The highest BCUT2D eigenvalue weighted by molar-refractivity contribution is 5.98. The molecular formula is C36H39F5N4O8. The van der Waals surface area contributed by atoms with Crippen molar-refractivity contribution in [2.75, 3.05) is 12.4 Å². The topological polar surface area (TPSA) is 152 Å². The monoisotopic (exact) mass is 750 g/mol. The number of amides is 4. The summed E-state index contributed by atoms with van der Waals surface area (Å²) in [5.74, 6) is -16.3. The Balaban J connectivity index is 1.55. The van der Waals surface area contributed by atoms with Crippen LogP contribution >= 0.6 is 0 Å². The number of carbonyl (C=O) groups is 5. The molecule has 3 rings (SSSR count). The molecule has 3 aromatic rings. The zero-order chi connectivity index (χ0) is 39.8. The molecule has 0 aromatic heterocycles. The second kappa shape index (κ2) is 17.7. The molecule has 2 atom stereocenters. The van der Waals surface area contributed by atoms with E-state index in [2.05, 4.69) is 20.7 Å². The van der Waals surface area contributed by atoms with Gasteiger partial charge in [-0.25, -0.2) is 27.6 Å². The maximum absolute atomic E-state index is 14.1. The Morgan fingerprint density at radius 1 is 0.774 bits per heavy atom. The van der Waals surface area contributed by atoms with Gasteiger partial charge in [0.05, 0.1) is 5.56 Å². The number of rotatable bonds is 12. The Hall–Kier alpha value is -5.74. The summed E-state index contributed by atoms with van der Waals surface area (Å²) in [5.41, 5.74) is -0.102. The average molecular weight is 751 g/mol. The van der Waals surface area contributed by atoms with Crippen LogP contribution < -0.4 is 20.7 Å². The Labute approximate surface area is 301 Å². The predicted octanol–water partition coefficient (Wildman–Crippen LogP) is 6.36. The lowest BCUT2D eigenvalue weighted by Crippen LogP contribution is -2.54. The zero-order valence-electron chi connectivity index (χ0n) is 29.9. The molecule has 0 unspecified atom stereocenters. The Morgan fingerprint density at radius 2 is 1.34 bits per heavy atom. The van der Waals surface area contributed by atoms with Crippen LogP contribution in [0.3, 0.4) is 0 Å². The molecule has 0 bridgehead atoms. The molecule has 3 aromatic carbocycles. The van der Waals surface area contributed by atoms with Crippen molar-refractivity contribution >= 4 is 35.7 Å². The molecule has 0 aliphatic heterocycles. The van der Waals surface area contributed by atoms with Crippen LogP contribution in [-0.2, 0) is 32.2 Å². The van der Waals surface area contributed by atoms with E-state index >= 15 is 0 Å². The summed E-state index contributed by atoms with van der Waals surface area (Å²) in [4.78, 5) is 64.3. The first kappa shape index (κ1) is 41.7. The van der Waals surface area contributed by atoms with Crippen LogP contribution in [0, 0.1) is 35.0 Å². The molecule has 53 heavy (non-hydrogen) atoms. The Morgan fingerprint density at radius 3 is 1.91 bits per heavy atom. The van der Waals surface area contributed by atoms with Crippen LogP contribution in [0.4, 0.5) is 37.2 Å². The number of carbonyl (C=O) groups excluding carboxylic acids is 5. The van der Waals surface area contributed by atoms with Crippen molar-refractivity contribution in [2.45, 2.75) is 72.4 Å². The molecule has 12 nitrogen and oxygen atoms in total. The van der Waals surface area contributed by atoms with Gasteiger partial charge in [0.15, 0.2) is 0 Å². The number of esters is 1. The van der Waals surface area contributed by atoms with E-state index in [9.17, 15) is 45.9 Å². The van der Waals surface area contributed by atoms with E-state index in [0.29, 0.717) is 11.3 Å². The van der Waals surface area contributed by atoms with Crippen LogP contribution in [0.5, 0.6) is 5.75 Å². The fourth-order valence-corrected chi connectivity index (χ4v) is 4.53. The Kier molecular flexibility index (Phi) is 13.9. The lowest BCUT2D eigenvalue weighted by molar-refractivity contribution is -0.128. The van der Waals surface area contributed by atoms with Gasteiger partial charge < -0.3 is 35.1 Å². The highest BCUT2D eigenvalue weighted by atomic mass is 19.2. The van der Waals surface area contributed by atoms with Crippen LogP contribution in [0.1, 0.15) is 63.0 Å². The van der Waals surface area contributed by atoms with Gasteiger partial charge in [-0.3, -0.25) is 9.59 Å². The van der Waals surface area contributed by atoms with E-state index < -0.39 is 82.5 Å². The molecule has 0 aliphatic carbocycles. The predicted molar refractivity (Wildman–Crippen MR) is 180 cm³/mol. The van der Waals surface area contributed by atoms with Gasteiger partial charge in [0, 0.05) is 19.3 Å². The molecule has 4 amide bonds. The van der Waals surface area contributed by atoms with Gasteiger partial charge in [-0.15, -0.1) is 0 Å². The summed E-state index contributed by atoms with van der Waals surface area (Å²) < 4.78 is 83.7. The second-order valence-electron chi connectivity index (χ2n) is 13.1. The number of hydrogen-bond donors (Lipinski definition) is 3. The summed E-state index contributed by atoms with van der Waals surface area (Å²) in [6.07, 6.45) is -1.62. The molecule has 0 radical (unpaired) electrons. The summed E-state index contributed by atoms with van der Waals surface area (Å²) >= 11 is 0. The summed E-state index contributed by atoms with van der Waals surface area (Å²) in [7, 11) is 1.32. The molecule has 0 saturated carbocycles. The van der Waals surface area contributed by atoms with E-state index in [4.69, 9.17) is 9.47 Å². The third-order valence-electron chi connectivity index (χ3n) is 7.28. The average Bonchev–Trinajstić information content (AvgIpc) is 3.09. The van der Waals surface area contributed by atoms with Gasteiger partial charge in [-0.05, 0) is 62.9 Å². The number of hydrogen-bond acceptors (Lipinski definition) is 8. The normalized spacial score (nSPS) is 12.3. The van der Waals surface area contributed by atoms with Gasteiger partial charge in [-0.1, -0.05) is 44.2 Å². The minimum atomic E-state index is -2.41. The van der Waals surface area contributed by atoms with Crippen molar-refractivity contribution in [1.29, 1.82) is 0 Å². The molecule has 0 saturated heterocycles. The molecule has 17 heteroatoms. The highest BCUT2D eigenvalue weighted by Crippen LogP contribution is 2.30. The molecular weight excluding hydrogens is 711 g/mol. The molecule has 0 heterocycles. The lowest BCUT2D eigenvalue weighted by Gasteiger charge is -2.26. The van der Waals surface area contributed by atoms with E-state index in [0.717, 1.165) is 4.90 Å². The van der Waals surface area contributed by atoms with E-state index in [1.807, 2.05) is 0 Å². The van der Waals surface area contributed by atoms with Crippen molar-refractivity contribution in [3.63, 3.8) is 0 Å². The van der Waals surface area contributed by atoms with E-state index in [1.54, 1.807) is 46.8 Å². The van der Waals surface area contributed by atoms with Gasteiger partial charge in [0.1, 0.15) is 24.3 Å². The highest BCUT2D eigenvalue weighted by Gasteiger charge is 2.31. The third-order valence-corrected chi connectivity index (χ3v) is 7.28. The number of ether oxygens (including phenoxy) is 3. The zero-order valence-corrected chi connectivity index (χ0v) is 29.9. The first-order valence-electron chi connectivity index (χ1n) is 16.1. The van der Waals surface area contributed by atoms with Gasteiger partial charge in [-0.2, -0.15) is 8.78 Å². The van der Waals surface area contributed by atoms with Crippen LogP contribution in [-0.4, -0.2) is 59.6 Å². The maximum Gasteiger partial charge on any atom is 0.410 e.